The van der Waals surface area contributed by atoms with Crippen molar-refractivity contribution in [3.05, 3.63) is 39.5 Å². The summed E-state index contributed by atoms with van der Waals surface area (Å²) >= 11 is 5.72. The molecule has 9 heteroatoms. The Labute approximate surface area is 118 Å². The van der Waals surface area contributed by atoms with Gasteiger partial charge in [0.2, 0.25) is 11.8 Å². The lowest BCUT2D eigenvalue weighted by Crippen LogP contribution is -1.99. The summed E-state index contributed by atoms with van der Waals surface area (Å²) < 4.78 is 10.5. The molecule has 0 radical (unpaired) electrons. The molecule has 1 aromatic heterocycles. The zero-order chi connectivity index (χ0) is 14.7. The van der Waals surface area contributed by atoms with Crippen molar-refractivity contribution in [1.82, 2.24) is 9.97 Å². The topological polar surface area (TPSA) is 113 Å². The Morgan fingerprint density at radius 2 is 2.05 bits per heavy atom. The number of hydrogen-bond donors (Lipinski definition) is 1. The second-order valence-corrected chi connectivity index (χ2v) is 3.97. The number of nitro benzene ring substituents is 1. The molecule has 0 bridgehead atoms. The van der Waals surface area contributed by atoms with Crippen molar-refractivity contribution >= 4 is 23.2 Å². The van der Waals surface area contributed by atoms with E-state index < -0.39 is 4.92 Å². The largest absolute Gasteiger partial charge is 0.493 e. The van der Waals surface area contributed by atoms with Gasteiger partial charge in [0.15, 0.2) is 11.5 Å². The summed E-state index contributed by atoms with van der Waals surface area (Å²) in [5, 5.41) is 10.9. The van der Waals surface area contributed by atoms with Crippen LogP contribution in [0.3, 0.4) is 0 Å². The van der Waals surface area contributed by atoms with Gasteiger partial charge in [-0.2, -0.15) is 4.98 Å². The van der Waals surface area contributed by atoms with Gasteiger partial charge in [-0.25, -0.2) is 4.98 Å². The van der Waals surface area contributed by atoms with Gasteiger partial charge < -0.3 is 15.2 Å². The van der Waals surface area contributed by atoms with Crippen molar-refractivity contribution in [2.24, 2.45) is 0 Å². The Morgan fingerprint density at radius 3 is 2.65 bits per heavy atom. The number of ether oxygens (including phenoxy) is 2. The second-order valence-electron chi connectivity index (χ2n) is 3.58. The maximum atomic E-state index is 10.8. The molecule has 0 atom stereocenters. The van der Waals surface area contributed by atoms with E-state index in [2.05, 4.69) is 9.97 Å². The first-order valence-electron chi connectivity index (χ1n) is 5.30. The normalized spacial score (nSPS) is 10.1. The summed E-state index contributed by atoms with van der Waals surface area (Å²) in [4.78, 5) is 17.7. The minimum absolute atomic E-state index is 0.0568. The molecular formula is C11H9ClN4O4. The van der Waals surface area contributed by atoms with Gasteiger partial charge in [-0.3, -0.25) is 10.1 Å². The summed E-state index contributed by atoms with van der Waals surface area (Å²) in [7, 11) is 1.41. The van der Waals surface area contributed by atoms with Gasteiger partial charge in [-0.05, 0) is 6.07 Å². The molecule has 0 unspecified atom stereocenters. The molecule has 104 valence electrons. The lowest BCUT2D eigenvalue weighted by Gasteiger charge is -2.09. The van der Waals surface area contributed by atoms with Crippen LogP contribution in [0.5, 0.6) is 17.4 Å². The molecule has 2 aromatic rings. The highest BCUT2D eigenvalue weighted by atomic mass is 35.5. The summed E-state index contributed by atoms with van der Waals surface area (Å²) in [6, 6.07) is 5.26. The van der Waals surface area contributed by atoms with Crippen LogP contribution in [0.4, 0.5) is 11.6 Å². The van der Waals surface area contributed by atoms with Gasteiger partial charge in [0.05, 0.1) is 18.1 Å². The summed E-state index contributed by atoms with van der Waals surface area (Å²) in [5.41, 5.74) is 5.29. The predicted octanol–water partition coefficient (Wildman–Crippen LogP) is 2.42. The number of nitrogens with zero attached hydrogens (tertiary/aromatic N) is 3. The highest BCUT2D eigenvalue weighted by molar-refractivity contribution is 6.29. The van der Waals surface area contributed by atoms with Crippen LogP contribution < -0.4 is 15.2 Å². The van der Waals surface area contributed by atoms with Crippen LogP contribution in [0.15, 0.2) is 24.3 Å². The van der Waals surface area contributed by atoms with Crippen LogP contribution in [0.2, 0.25) is 5.15 Å². The molecule has 0 amide bonds. The van der Waals surface area contributed by atoms with Crippen molar-refractivity contribution in [3.63, 3.8) is 0 Å². The lowest BCUT2D eigenvalue weighted by atomic mass is 10.3. The van der Waals surface area contributed by atoms with Gasteiger partial charge in [0.25, 0.3) is 5.69 Å². The molecule has 8 nitrogen and oxygen atoms in total. The van der Waals surface area contributed by atoms with Crippen molar-refractivity contribution in [1.29, 1.82) is 0 Å². The van der Waals surface area contributed by atoms with Gasteiger partial charge in [-0.15, -0.1) is 0 Å². The van der Waals surface area contributed by atoms with Crippen LogP contribution in [-0.4, -0.2) is 22.0 Å². The number of hydrogen-bond acceptors (Lipinski definition) is 7. The highest BCUT2D eigenvalue weighted by Gasteiger charge is 2.14. The maximum Gasteiger partial charge on any atom is 0.273 e. The fraction of sp³-hybridized carbons (Fsp3) is 0.0909. The summed E-state index contributed by atoms with van der Waals surface area (Å²) in [5.74, 6) is 0.415. The number of anilines is 1. The van der Waals surface area contributed by atoms with Crippen LogP contribution in [-0.2, 0) is 0 Å². The lowest BCUT2D eigenvalue weighted by molar-refractivity contribution is -0.384. The van der Waals surface area contributed by atoms with Gasteiger partial charge in [0.1, 0.15) is 5.15 Å². The van der Waals surface area contributed by atoms with E-state index in [1.807, 2.05) is 0 Å². The molecule has 0 saturated heterocycles. The number of aromatic nitrogens is 2. The van der Waals surface area contributed by atoms with E-state index in [9.17, 15) is 10.1 Å². The third-order valence-electron chi connectivity index (χ3n) is 2.26. The van der Waals surface area contributed by atoms with Crippen molar-refractivity contribution < 1.29 is 14.4 Å². The number of methoxy groups -OCH3 is 1. The average Bonchev–Trinajstić information content (AvgIpc) is 2.37. The molecule has 0 aliphatic carbocycles. The smallest absolute Gasteiger partial charge is 0.273 e. The summed E-state index contributed by atoms with van der Waals surface area (Å²) in [6.45, 7) is 0. The molecule has 0 spiro atoms. The predicted molar refractivity (Wildman–Crippen MR) is 71.2 cm³/mol. The minimum Gasteiger partial charge on any atom is -0.493 e. The third kappa shape index (κ3) is 3.04. The monoisotopic (exact) mass is 296 g/mol. The Hall–Kier alpha value is -2.61. The number of nitro groups is 1. The highest BCUT2D eigenvalue weighted by Crippen LogP contribution is 2.34. The van der Waals surface area contributed by atoms with E-state index in [-0.39, 0.29) is 28.4 Å². The fourth-order valence-corrected chi connectivity index (χ4v) is 1.62. The first-order chi connectivity index (χ1) is 9.49. The fourth-order valence-electron chi connectivity index (χ4n) is 1.44. The number of nitrogens with two attached hydrogens (primary N) is 1. The van der Waals surface area contributed by atoms with Crippen LogP contribution in [0, 0.1) is 10.1 Å². The van der Waals surface area contributed by atoms with E-state index in [0.29, 0.717) is 5.75 Å². The average molecular weight is 297 g/mol. The maximum absolute atomic E-state index is 10.8. The molecule has 20 heavy (non-hydrogen) atoms. The summed E-state index contributed by atoms with van der Waals surface area (Å²) in [6.07, 6.45) is 0. The molecule has 0 fully saturated rings. The number of nitrogen functional groups attached to an aromatic ring is 1. The van der Waals surface area contributed by atoms with E-state index in [1.54, 1.807) is 0 Å². The van der Waals surface area contributed by atoms with Crippen molar-refractivity contribution in [2.45, 2.75) is 0 Å². The first-order valence-corrected chi connectivity index (χ1v) is 5.67. The number of halogens is 1. The van der Waals surface area contributed by atoms with E-state index in [4.69, 9.17) is 26.8 Å². The zero-order valence-corrected chi connectivity index (χ0v) is 11.0. The Kier molecular flexibility index (Phi) is 3.85. The molecule has 2 rings (SSSR count). The standard InChI is InChI=1S/C11H9ClN4O4/c1-19-7-3-2-6(16(17)18)4-8(7)20-10-5-9(12)14-11(13)15-10/h2-5H,1H3,(H2,13,14,15). The van der Waals surface area contributed by atoms with Crippen molar-refractivity contribution in [3.8, 4) is 17.4 Å². The molecule has 0 aliphatic rings. The molecule has 0 aliphatic heterocycles. The van der Waals surface area contributed by atoms with Crippen LogP contribution in [0.1, 0.15) is 0 Å². The van der Waals surface area contributed by atoms with Crippen LogP contribution in [0.25, 0.3) is 0 Å². The molecule has 0 saturated carbocycles. The molecule has 1 aromatic carbocycles. The molecule has 2 N–H and O–H groups in total. The van der Waals surface area contributed by atoms with Gasteiger partial charge >= 0.3 is 0 Å². The van der Waals surface area contributed by atoms with E-state index >= 15 is 0 Å². The number of non-ortho nitro benzene ring substituents is 1. The quantitative estimate of drug-likeness (QED) is 0.523. The van der Waals surface area contributed by atoms with Gasteiger partial charge in [-0.1, -0.05) is 11.6 Å². The molecular weight excluding hydrogens is 288 g/mol. The Bertz CT molecular complexity index is 645. The Morgan fingerprint density at radius 1 is 1.30 bits per heavy atom. The number of benzene rings is 1. The Balaban J connectivity index is 2.40. The first kappa shape index (κ1) is 13.8. The second kappa shape index (κ2) is 5.57. The minimum atomic E-state index is -0.548. The SMILES string of the molecule is COc1ccc([N+](=O)[O-])cc1Oc1cc(Cl)nc(N)n1. The number of rotatable bonds is 4. The van der Waals surface area contributed by atoms with Gasteiger partial charge in [0, 0.05) is 12.1 Å². The van der Waals surface area contributed by atoms with Crippen molar-refractivity contribution in [2.75, 3.05) is 12.8 Å². The molecule has 1 heterocycles. The van der Waals surface area contributed by atoms with E-state index in [0.717, 1.165) is 0 Å². The third-order valence-corrected chi connectivity index (χ3v) is 2.45. The zero-order valence-electron chi connectivity index (χ0n) is 10.2. The van der Waals surface area contributed by atoms with E-state index in [1.165, 1.54) is 31.4 Å². The van der Waals surface area contributed by atoms with Crippen LogP contribution >= 0.6 is 11.6 Å².